The first kappa shape index (κ1) is 65.1. The number of furan rings is 2. The van der Waals surface area contributed by atoms with Gasteiger partial charge in [-0.15, -0.1) is 0 Å². The maximum absolute atomic E-state index is 6.88. The first-order valence-corrected chi connectivity index (χ1v) is 37.5. The minimum absolute atomic E-state index is 0.577. The van der Waals surface area contributed by atoms with Crippen molar-refractivity contribution in [2.24, 2.45) is 0 Å². The second kappa shape index (κ2) is 27.5. The largest absolute Gasteiger partial charge is 0.454 e. The normalized spacial score (nSPS) is 11.6. The molecular formula is C102H64N8O2. The number of benzene rings is 16. The first-order chi connectivity index (χ1) is 55.5. The van der Waals surface area contributed by atoms with E-state index in [1.54, 1.807) is 0 Å². The number of hydrogen-bond donors (Lipinski definition) is 0. The molecule has 10 nitrogen and oxygen atoms in total. The summed E-state index contributed by atoms with van der Waals surface area (Å²) in [5.74, 6) is 3.58. The SMILES string of the molecule is c1ccc(-c2ccc(-c3nc(-c4ccc(-c5ccccc5)cc4)nc(-c4ccc5c(c4)oc4c5ccc5c6ccccc6n(-c6ccccc6)c54)n3)cc2)cc1.c1ccc(-c2ccc(-c3nc(-c4cccc(-c5ccccc5)c4)nc(-c4ccc5c(c4)oc4c5ccc5c6ccccc6n(-c6ccccc6)c54)n3)cc2)cc1. The molecule has 0 atom stereocenters. The maximum atomic E-state index is 6.88. The summed E-state index contributed by atoms with van der Waals surface area (Å²) in [6.45, 7) is 0. The molecule has 0 amide bonds. The third kappa shape index (κ3) is 11.7. The molecule has 6 heterocycles. The molecule has 0 fully saturated rings. The van der Waals surface area contributed by atoms with Gasteiger partial charge in [0.25, 0.3) is 0 Å². The fraction of sp³-hybridized carbons (Fsp3) is 0. The quantitative estimate of drug-likeness (QED) is 0.119. The predicted molar refractivity (Wildman–Crippen MR) is 457 cm³/mol. The Bertz CT molecular complexity index is 7210. The molecular weight excluding hydrogens is 1370 g/mol. The number of rotatable bonds is 12. The summed E-state index contributed by atoms with van der Waals surface area (Å²) in [5.41, 5.74) is 24.3. The summed E-state index contributed by atoms with van der Waals surface area (Å²) in [5, 5.41) is 8.88. The number of nitrogens with zero attached hydrogens (tertiary/aromatic N) is 8. The van der Waals surface area contributed by atoms with E-state index in [-0.39, 0.29) is 0 Å². The highest BCUT2D eigenvalue weighted by atomic mass is 16.3. The summed E-state index contributed by atoms with van der Waals surface area (Å²) < 4.78 is 18.4. The second-order valence-corrected chi connectivity index (χ2v) is 28.1. The molecule has 16 aromatic carbocycles. The Kier molecular flexibility index (Phi) is 16.0. The summed E-state index contributed by atoms with van der Waals surface area (Å²) in [4.78, 5) is 30.5. The van der Waals surface area contributed by atoms with Gasteiger partial charge >= 0.3 is 0 Å². The fourth-order valence-electron chi connectivity index (χ4n) is 15.9. The molecule has 0 N–H and O–H groups in total. The Morgan fingerprint density at radius 1 is 0.170 bits per heavy atom. The average Bonchev–Trinajstić information content (AvgIpc) is 1.56. The van der Waals surface area contributed by atoms with Crippen LogP contribution in [-0.4, -0.2) is 39.0 Å². The highest BCUT2D eigenvalue weighted by molar-refractivity contribution is 6.23. The van der Waals surface area contributed by atoms with Gasteiger partial charge in [0.05, 0.1) is 22.1 Å². The molecule has 0 bridgehead atoms. The molecule has 0 aliphatic heterocycles. The van der Waals surface area contributed by atoms with E-state index in [1.165, 1.54) is 10.8 Å². The highest BCUT2D eigenvalue weighted by Gasteiger charge is 2.24. The third-order valence-corrected chi connectivity index (χ3v) is 21.3. The van der Waals surface area contributed by atoms with Gasteiger partial charge in [0.15, 0.2) is 46.1 Å². The van der Waals surface area contributed by atoms with E-state index in [0.717, 1.165) is 166 Å². The van der Waals surface area contributed by atoms with Crippen molar-refractivity contribution in [2.45, 2.75) is 0 Å². The van der Waals surface area contributed by atoms with Gasteiger partial charge in [-0.1, -0.05) is 309 Å². The van der Waals surface area contributed by atoms with Crippen LogP contribution in [0.1, 0.15) is 0 Å². The van der Waals surface area contributed by atoms with Crippen LogP contribution in [0.25, 0.3) is 212 Å². The highest BCUT2D eigenvalue weighted by Crippen LogP contribution is 2.44. The summed E-state index contributed by atoms with van der Waals surface area (Å²) in [6, 6.07) is 135. The molecule has 0 aliphatic carbocycles. The van der Waals surface area contributed by atoms with Crippen molar-refractivity contribution in [2.75, 3.05) is 0 Å². The van der Waals surface area contributed by atoms with Gasteiger partial charge < -0.3 is 18.0 Å². The second-order valence-electron chi connectivity index (χ2n) is 28.1. The minimum Gasteiger partial charge on any atom is -0.454 e. The Morgan fingerprint density at radius 3 is 0.786 bits per heavy atom. The summed E-state index contributed by atoms with van der Waals surface area (Å²) >= 11 is 0. The summed E-state index contributed by atoms with van der Waals surface area (Å²) in [6.07, 6.45) is 0. The van der Waals surface area contributed by atoms with E-state index in [2.05, 4.69) is 361 Å². The Morgan fingerprint density at radius 2 is 0.420 bits per heavy atom. The van der Waals surface area contributed by atoms with Crippen LogP contribution in [0, 0.1) is 0 Å². The smallest absolute Gasteiger partial charge is 0.164 e. The molecule has 0 radical (unpaired) electrons. The molecule has 0 spiro atoms. The molecule has 22 rings (SSSR count). The van der Waals surface area contributed by atoms with Crippen LogP contribution in [-0.2, 0) is 0 Å². The van der Waals surface area contributed by atoms with E-state index in [0.29, 0.717) is 34.9 Å². The average molecular weight is 1430 g/mol. The van der Waals surface area contributed by atoms with Gasteiger partial charge in [0, 0.05) is 87.8 Å². The molecule has 524 valence electrons. The van der Waals surface area contributed by atoms with Crippen LogP contribution in [0.2, 0.25) is 0 Å². The number of fused-ring (bicyclic) bond motifs is 14. The van der Waals surface area contributed by atoms with Crippen molar-refractivity contribution < 1.29 is 8.83 Å². The lowest BCUT2D eigenvalue weighted by Gasteiger charge is -2.10. The van der Waals surface area contributed by atoms with E-state index >= 15 is 0 Å². The van der Waals surface area contributed by atoms with E-state index in [1.807, 2.05) is 36.4 Å². The monoisotopic (exact) mass is 1430 g/mol. The zero-order valence-corrected chi connectivity index (χ0v) is 60.3. The van der Waals surface area contributed by atoms with Crippen LogP contribution in [0.15, 0.2) is 397 Å². The van der Waals surface area contributed by atoms with Gasteiger partial charge in [0.1, 0.15) is 11.2 Å². The molecule has 0 saturated heterocycles. The van der Waals surface area contributed by atoms with Crippen molar-refractivity contribution in [1.82, 2.24) is 39.0 Å². The van der Waals surface area contributed by atoms with Gasteiger partial charge in [-0.05, 0) is 123 Å². The lowest BCUT2D eigenvalue weighted by atomic mass is 10.0. The lowest BCUT2D eigenvalue weighted by molar-refractivity contribution is 0.671. The standard InChI is InChI=1S/2C51H32N4O/c1-4-13-33(14-5-1)35-23-25-36(26-24-35)49-52-50(38-18-12-17-37(31-38)34-15-6-2-7-16-34)54-51(53-49)39-27-28-42-44-30-29-43-41-21-10-11-22-45(41)55(40-19-8-3-9-20-40)47(43)48(44)56-46(42)32-39;1-4-12-33(13-5-1)35-20-24-37(25-21-35)49-52-50(38-26-22-36(23-27-38)34-14-6-2-7-15-34)54-51(53-49)39-28-29-42-44-31-30-43-41-18-10-11-19-45(41)55(40-16-8-3-9-17-40)47(43)48(44)56-46(42)32-39/h2*1-32H. The van der Waals surface area contributed by atoms with Gasteiger partial charge in [0.2, 0.25) is 0 Å². The van der Waals surface area contributed by atoms with Crippen LogP contribution in [0.4, 0.5) is 0 Å². The van der Waals surface area contributed by atoms with Gasteiger partial charge in [-0.3, -0.25) is 0 Å². The molecule has 0 unspecified atom stereocenters. The van der Waals surface area contributed by atoms with Crippen LogP contribution in [0.5, 0.6) is 0 Å². The third-order valence-electron chi connectivity index (χ3n) is 21.3. The Labute approximate surface area is 643 Å². The maximum Gasteiger partial charge on any atom is 0.164 e. The first-order valence-electron chi connectivity index (χ1n) is 37.5. The molecule has 0 aliphatic rings. The molecule has 112 heavy (non-hydrogen) atoms. The van der Waals surface area contributed by atoms with E-state index < -0.39 is 0 Å². The van der Waals surface area contributed by atoms with Crippen molar-refractivity contribution in [3.63, 3.8) is 0 Å². The van der Waals surface area contributed by atoms with Crippen LogP contribution in [0.3, 0.4) is 0 Å². The number of para-hydroxylation sites is 4. The van der Waals surface area contributed by atoms with Crippen molar-refractivity contribution >= 4 is 87.5 Å². The Hall–Kier alpha value is -15.3. The number of aromatic nitrogens is 8. The number of hydrogen-bond acceptors (Lipinski definition) is 8. The van der Waals surface area contributed by atoms with Gasteiger partial charge in [-0.2, -0.15) is 0 Å². The van der Waals surface area contributed by atoms with Crippen molar-refractivity contribution in [3.05, 3.63) is 388 Å². The lowest BCUT2D eigenvalue weighted by Crippen LogP contribution is -2.00. The zero-order valence-electron chi connectivity index (χ0n) is 60.3. The van der Waals surface area contributed by atoms with E-state index in [9.17, 15) is 0 Å². The molecule has 6 aromatic heterocycles. The Balaban J connectivity index is 0.000000141. The summed E-state index contributed by atoms with van der Waals surface area (Å²) in [7, 11) is 0. The minimum atomic E-state index is 0.577. The van der Waals surface area contributed by atoms with Crippen molar-refractivity contribution in [3.8, 4) is 124 Å². The van der Waals surface area contributed by atoms with Crippen molar-refractivity contribution in [1.29, 1.82) is 0 Å². The van der Waals surface area contributed by atoms with E-state index in [4.69, 9.17) is 38.7 Å². The van der Waals surface area contributed by atoms with Crippen LogP contribution < -0.4 is 0 Å². The van der Waals surface area contributed by atoms with Crippen LogP contribution >= 0.6 is 0 Å². The molecule has 0 saturated carbocycles. The molecule has 10 heteroatoms. The zero-order chi connectivity index (χ0) is 74.0. The van der Waals surface area contributed by atoms with Gasteiger partial charge in [-0.25, -0.2) is 29.9 Å². The fourth-order valence-corrected chi connectivity index (χ4v) is 15.9. The molecule has 22 aromatic rings. The predicted octanol–water partition coefficient (Wildman–Crippen LogP) is 26.4. The topological polar surface area (TPSA) is 113 Å².